The second-order valence-corrected chi connectivity index (χ2v) is 3.19. The molecule has 3 nitrogen and oxygen atoms in total. The van der Waals surface area contributed by atoms with Crippen molar-refractivity contribution in [1.82, 2.24) is 4.90 Å². The minimum absolute atomic E-state index is 0.259. The summed E-state index contributed by atoms with van der Waals surface area (Å²) < 4.78 is 5.06. The Kier molecular flexibility index (Phi) is 7.48. The third-order valence-corrected chi connectivity index (χ3v) is 2.36. The van der Waals surface area contributed by atoms with Gasteiger partial charge < -0.3 is 9.64 Å². The van der Waals surface area contributed by atoms with E-state index in [-0.39, 0.29) is 5.91 Å². The number of ether oxygens (including phenoxy) is 1. The van der Waals surface area contributed by atoms with E-state index < -0.39 is 0 Å². The number of amides is 1. The number of carbonyl (C=O) groups is 1. The Morgan fingerprint density at radius 3 is 2.64 bits per heavy atom. The van der Waals surface area contributed by atoms with Crippen LogP contribution in [0.15, 0.2) is 0 Å². The van der Waals surface area contributed by atoms with E-state index in [1.54, 1.807) is 7.11 Å². The van der Waals surface area contributed by atoms with E-state index in [9.17, 15) is 4.79 Å². The van der Waals surface area contributed by atoms with Crippen LogP contribution in [0.5, 0.6) is 0 Å². The van der Waals surface area contributed by atoms with Gasteiger partial charge in [0.05, 0.1) is 12.6 Å². The highest BCUT2D eigenvalue weighted by Crippen LogP contribution is 2.17. The normalized spacial score (nSPS) is 20.3. The molecule has 1 rings (SSSR count). The van der Waals surface area contributed by atoms with Gasteiger partial charge in [0.25, 0.3) is 0 Å². The highest BCUT2D eigenvalue weighted by molar-refractivity contribution is 5.76. The third kappa shape index (κ3) is 3.66. The summed E-state index contributed by atoms with van der Waals surface area (Å²) in [5.74, 6) is 0.259. The first-order chi connectivity index (χ1) is 6.79. The van der Waals surface area contributed by atoms with Crippen molar-refractivity contribution in [3.8, 4) is 0 Å². The van der Waals surface area contributed by atoms with Gasteiger partial charge in [-0.05, 0) is 12.8 Å². The third-order valence-electron chi connectivity index (χ3n) is 2.36. The molecule has 1 aliphatic rings. The monoisotopic (exact) mass is 201 g/mol. The minimum Gasteiger partial charge on any atom is -0.383 e. The Morgan fingerprint density at radius 2 is 2.14 bits per heavy atom. The fourth-order valence-electron chi connectivity index (χ4n) is 1.73. The molecule has 0 aromatic rings. The number of carbonyl (C=O) groups excluding carboxylic acids is 1. The van der Waals surface area contributed by atoms with Crippen molar-refractivity contribution in [3.63, 3.8) is 0 Å². The zero-order chi connectivity index (χ0) is 11.0. The number of hydrogen-bond acceptors (Lipinski definition) is 2. The zero-order valence-electron chi connectivity index (χ0n) is 9.88. The number of methoxy groups -OCH3 is 1. The first kappa shape index (κ1) is 13.4. The second kappa shape index (κ2) is 7.80. The Morgan fingerprint density at radius 1 is 1.50 bits per heavy atom. The smallest absolute Gasteiger partial charge is 0.222 e. The number of likely N-dealkylation sites (tertiary alicyclic amines) is 1. The van der Waals surface area contributed by atoms with Gasteiger partial charge in [0.15, 0.2) is 0 Å². The molecule has 1 atom stereocenters. The van der Waals surface area contributed by atoms with Gasteiger partial charge >= 0.3 is 0 Å². The highest BCUT2D eigenvalue weighted by atomic mass is 16.5. The lowest BCUT2D eigenvalue weighted by atomic mass is 10.2. The van der Waals surface area contributed by atoms with Crippen LogP contribution in [0.3, 0.4) is 0 Å². The van der Waals surface area contributed by atoms with Gasteiger partial charge in [-0.15, -0.1) is 0 Å². The molecule has 0 spiro atoms. The van der Waals surface area contributed by atoms with Gasteiger partial charge in [0.1, 0.15) is 0 Å². The summed E-state index contributed by atoms with van der Waals surface area (Å²) in [4.78, 5) is 13.3. The Bertz CT molecular complexity index is 159. The van der Waals surface area contributed by atoms with Crippen LogP contribution < -0.4 is 0 Å². The van der Waals surface area contributed by atoms with Crippen molar-refractivity contribution in [1.29, 1.82) is 0 Å². The molecule has 0 aromatic heterocycles. The average molecular weight is 201 g/mol. The molecular weight excluding hydrogens is 178 g/mol. The predicted molar refractivity (Wildman–Crippen MR) is 58.3 cm³/mol. The van der Waals surface area contributed by atoms with Crippen LogP contribution in [-0.4, -0.2) is 37.1 Å². The van der Waals surface area contributed by atoms with Crippen LogP contribution in [0, 0.1) is 0 Å². The van der Waals surface area contributed by atoms with Crippen molar-refractivity contribution in [2.45, 2.75) is 46.1 Å². The number of nitrogens with zero attached hydrogens (tertiary/aromatic N) is 1. The summed E-state index contributed by atoms with van der Waals surface area (Å²) in [6.07, 6.45) is 2.83. The van der Waals surface area contributed by atoms with Crippen LogP contribution in [0.1, 0.15) is 40.0 Å². The summed E-state index contributed by atoms with van der Waals surface area (Å²) in [6.45, 7) is 7.51. The molecule has 0 bridgehead atoms. The van der Waals surface area contributed by atoms with Crippen LogP contribution in [-0.2, 0) is 9.53 Å². The topological polar surface area (TPSA) is 29.5 Å². The lowest BCUT2D eigenvalue weighted by Crippen LogP contribution is -2.37. The van der Waals surface area contributed by atoms with Gasteiger partial charge in [-0.3, -0.25) is 4.79 Å². The second-order valence-electron chi connectivity index (χ2n) is 3.19. The molecule has 0 aromatic carbocycles. The first-order valence-corrected chi connectivity index (χ1v) is 5.58. The fourth-order valence-corrected chi connectivity index (χ4v) is 1.73. The molecule has 1 saturated heterocycles. The molecule has 1 fully saturated rings. The van der Waals surface area contributed by atoms with Gasteiger partial charge in [0.2, 0.25) is 5.91 Å². The quantitative estimate of drug-likeness (QED) is 0.699. The van der Waals surface area contributed by atoms with Crippen molar-refractivity contribution in [2.24, 2.45) is 0 Å². The van der Waals surface area contributed by atoms with Gasteiger partial charge in [0, 0.05) is 20.1 Å². The zero-order valence-corrected chi connectivity index (χ0v) is 9.88. The molecule has 84 valence electrons. The molecule has 1 aliphatic heterocycles. The van der Waals surface area contributed by atoms with Crippen molar-refractivity contribution in [2.75, 3.05) is 20.3 Å². The van der Waals surface area contributed by atoms with Crippen molar-refractivity contribution in [3.05, 3.63) is 0 Å². The standard InChI is InChI=1S/C9H17NO2.C2H6/c1-3-9(11)10-6-4-5-8(10)7-12-2;1-2/h8H,3-7H2,1-2H3;1-2H3. The Balaban J connectivity index is 0.000000791. The SMILES string of the molecule is CC.CCC(=O)N1CCCC1COC. The van der Waals surface area contributed by atoms with E-state index in [4.69, 9.17) is 4.74 Å². The summed E-state index contributed by atoms with van der Waals surface area (Å²) in [6, 6.07) is 0.336. The van der Waals surface area contributed by atoms with Crippen LogP contribution in [0.25, 0.3) is 0 Å². The van der Waals surface area contributed by atoms with Crippen molar-refractivity contribution >= 4 is 5.91 Å². The molecule has 1 unspecified atom stereocenters. The predicted octanol–water partition coefficient (Wildman–Crippen LogP) is 2.06. The average Bonchev–Trinajstić information content (AvgIpc) is 2.69. The van der Waals surface area contributed by atoms with E-state index in [0.717, 1.165) is 19.4 Å². The summed E-state index contributed by atoms with van der Waals surface area (Å²) in [5, 5.41) is 0. The van der Waals surface area contributed by atoms with Crippen LogP contribution >= 0.6 is 0 Å². The first-order valence-electron chi connectivity index (χ1n) is 5.58. The molecule has 0 N–H and O–H groups in total. The summed E-state index contributed by atoms with van der Waals surface area (Å²) in [5.41, 5.74) is 0. The van der Waals surface area contributed by atoms with E-state index in [1.165, 1.54) is 0 Å². The molecule has 14 heavy (non-hydrogen) atoms. The minimum atomic E-state index is 0.259. The Labute approximate surface area is 87.4 Å². The molecule has 1 amide bonds. The molecular formula is C11H23NO2. The Hall–Kier alpha value is -0.570. The van der Waals surface area contributed by atoms with Gasteiger partial charge in [-0.2, -0.15) is 0 Å². The fraction of sp³-hybridized carbons (Fsp3) is 0.909. The largest absolute Gasteiger partial charge is 0.383 e. The maximum absolute atomic E-state index is 11.4. The number of rotatable bonds is 3. The van der Waals surface area contributed by atoms with E-state index in [2.05, 4.69) is 0 Å². The van der Waals surface area contributed by atoms with Crippen molar-refractivity contribution < 1.29 is 9.53 Å². The molecule has 1 heterocycles. The van der Waals surface area contributed by atoms with Crippen LogP contribution in [0.4, 0.5) is 0 Å². The molecule has 0 saturated carbocycles. The number of hydrogen-bond donors (Lipinski definition) is 0. The van der Waals surface area contributed by atoms with Gasteiger partial charge in [-0.25, -0.2) is 0 Å². The molecule has 0 aliphatic carbocycles. The lowest BCUT2D eigenvalue weighted by molar-refractivity contribution is -0.132. The molecule has 3 heteroatoms. The van der Waals surface area contributed by atoms with E-state index >= 15 is 0 Å². The summed E-state index contributed by atoms with van der Waals surface area (Å²) in [7, 11) is 1.69. The maximum atomic E-state index is 11.4. The highest BCUT2D eigenvalue weighted by Gasteiger charge is 2.26. The van der Waals surface area contributed by atoms with Crippen LogP contribution in [0.2, 0.25) is 0 Å². The summed E-state index contributed by atoms with van der Waals surface area (Å²) >= 11 is 0. The van der Waals surface area contributed by atoms with E-state index in [1.807, 2.05) is 25.7 Å². The van der Waals surface area contributed by atoms with Gasteiger partial charge in [-0.1, -0.05) is 20.8 Å². The lowest BCUT2D eigenvalue weighted by Gasteiger charge is -2.23. The molecule has 0 radical (unpaired) electrons. The maximum Gasteiger partial charge on any atom is 0.222 e. The van der Waals surface area contributed by atoms with E-state index in [0.29, 0.717) is 19.1 Å².